The van der Waals surface area contributed by atoms with E-state index in [0.29, 0.717) is 12.0 Å². The first-order valence-corrected chi connectivity index (χ1v) is 5.31. The highest BCUT2D eigenvalue weighted by Crippen LogP contribution is 2.30. The van der Waals surface area contributed by atoms with Crippen LogP contribution in [0.4, 0.5) is 0 Å². The minimum absolute atomic E-state index is 0.359. The molecular formula is C8H11N3OS. The predicted molar refractivity (Wildman–Crippen MR) is 48.9 cm³/mol. The molecule has 0 N–H and O–H groups in total. The Morgan fingerprint density at radius 3 is 3.15 bits per heavy atom. The highest BCUT2D eigenvalue weighted by Gasteiger charge is 2.39. The van der Waals surface area contributed by atoms with Crippen LogP contribution in [0.3, 0.4) is 0 Å². The molecule has 2 fully saturated rings. The fourth-order valence-electron chi connectivity index (χ4n) is 2.23. The van der Waals surface area contributed by atoms with E-state index >= 15 is 0 Å². The van der Waals surface area contributed by atoms with Crippen molar-refractivity contribution in [3.63, 3.8) is 0 Å². The quantitative estimate of drug-likeness (QED) is 0.696. The number of hydrogen-bond donors (Lipinski definition) is 0. The fourth-order valence-corrected chi connectivity index (χ4v) is 2.59. The van der Waals surface area contributed by atoms with E-state index in [2.05, 4.69) is 13.6 Å². The van der Waals surface area contributed by atoms with Gasteiger partial charge in [0, 0.05) is 19.0 Å². The van der Waals surface area contributed by atoms with E-state index in [1.54, 1.807) is 6.20 Å². The van der Waals surface area contributed by atoms with Crippen molar-refractivity contribution in [1.29, 1.82) is 0 Å². The molecule has 2 aliphatic rings. The van der Waals surface area contributed by atoms with E-state index in [9.17, 15) is 0 Å². The molecule has 3 atom stereocenters. The number of fused-ring (bicyclic) bond motifs is 2. The topological polar surface area (TPSA) is 38.3 Å². The molecule has 2 aliphatic heterocycles. The zero-order chi connectivity index (χ0) is 8.67. The Morgan fingerprint density at radius 2 is 2.54 bits per heavy atom. The van der Waals surface area contributed by atoms with Crippen molar-refractivity contribution in [1.82, 2.24) is 13.6 Å². The van der Waals surface area contributed by atoms with Crippen molar-refractivity contribution < 1.29 is 4.74 Å². The van der Waals surface area contributed by atoms with Gasteiger partial charge in [-0.3, -0.25) is 4.90 Å². The smallest absolute Gasteiger partial charge is 0.246 e. The largest absolute Gasteiger partial charge is 0.471 e. The van der Waals surface area contributed by atoms with E-state index in [4.69, 9.17) is 4.74 Å². The molecule has 0 aliphatic carbocycles. The van der Waals surface area contributed by atoms with Gasteiger partial charge in [-0.2, -0.15) is 4.37 Å². The third kappa shape index (κ3) is 1.32. The zero-order valence-electron chi connectivity index (χ0n) is 7.22. The van der Waals surface area contributed by atoms with Crippen molar-refractivity contribution in [2.45, 2.75) is 12.5 Å². The van der Waals surface area contributed by atoms with E-state index < -0.39 is 0 Å². The standard InChI is InChI=1S/C8H11N3OS/c1-2-11-4-6(1)7(5-11)12-8-3-9-13-10-8/h3,6-7H,1-2,4-5H2/t6-,7-/m0/s1. The Kier molecular flexibility index (Phi) is 1.73. The van der Waals surface area contributed by atoms with E-state index in [1.165, 1.54) is 31.2 Å². The SMILES string of the molecule is c1nsnc1O[C@H]1CN2CC[C@H]1C2. The van der Waals surface area contributed by atoms with Gasteiger partial charge in [-0.15, -0.1) is 4.37 Å². The molecule has 1 aromatic rings. The average Bonchev–Trinajstić information content (AvgIpc) is 2.77. The van der Waals surface area contributed by atoms with Crippen LogP contribution < -0.4 is 4.74 Å². The van der Waals surface area contributed by atoms with Crippen LogP contribution in [0.15, 0.2) is 6.20 Å². The van der Waals surface area contributed by atoms with Gasteiger partial charge in [-0.1, -0.05) is 0 Å². The Hall–Kier alpha value is -0.680. The Labute approximate surface area is 80.8 Å². The molecule has 0 spiro atoms. The van der Waals surface area contributed by atoms with Gasteiger partial charge in [0.2, 0.25) is 5.88 Å². The second kappa shape index (κ2) is 2.92. The maximum absolute atomic E-state index is 5.74. The second-order valence-electron chi connectivity index (χ2n) is 3.71. The van der Waals surface area contributed by atoms with Crippen LogP contribution in [0.5, 0.6) is 5.88 Å². The van der Waals surface area contributed by atoms with Gasteiger partial charge in [-0.05, 0) is 13.0 Å². The number of piperidine rings is 1. The van der Waals surface area contributed by atoms with Crippen molar-refractivity contribution in [3.8, 4) is 5.88 Å². The lowest BCUT2D eigenvalue weighted by atomic mass is 10.0. The van der Waals surface area contributed by atoms with Crippen LogP contribution in [-0.2, 0) is 0 Å². The summed E-state index contributed by atoms with van der Waals surface area (Å²) in [6.45, 7) is 3.53. The molecule has 4 nitrogen and oxygen atoms in total. The van der Waals surface area contributed by atoms with Gasteiger partial charge >= 0.3 is 0 Å². The first-order chi connectivity index (χ1) is 6.42. The number of rotatable bonds is 2. The first-order valence-electron chi connectivity index (χ1n) is 4.58. The van der Waals surface area contributed by atoms with Gasteiger partial charge in [0.05, 0.1) is 11.7 Å². The molecule has 5 heteroatoms. The lowest BCUT2D eigenvalue weighted by Gasteiger charge is -2.21. The maximum Gasteiger partial charge on any atom is 0.246 e. The van der Waals surface area contributed by atoms with Gasteiger partial charge in [0.1, 0.15) is 12.3 Å². The van der Waals surface area contributed by atoms with Crippen LogP contribution >= 0.6 is 11.7 Å². The van der Waals surface area contributed by atoms with Crippen LogP contribution in [-0.4, -0.2) is 39.4 Å². The maximum atomic E-state index is 5.74. The van der Waals surface area contributed by atoms with Gasteiger partial charge in [-0.25, -0.2) is 0 Å². The normalized spacial score (nSPS) is 36.8. The summed E-state index contributed by atoms with van der Waals surface area (Å²) >= 11 is 1.20. The number of ether oxygens (including phenoxy) is 1. The Balaban J connectivity index is 1.68. The van der Waals surface area contributed by atoms with Crippen molar-refractivity contribution >= 4 is 11.7 Å². The molecule has 0 aromatic carbocycles. The van der Waals surface area contributed by atoms with Crippen molar-refractivity contribution in [2.24, 2.45) is 5.92 Å². The lowest BCUT2D eigenvalue weighted by Crippen LogP contribution is -2.32. The third-order valence-corrected chi connectivity index (χ3v) is 3.35. The summed E-state index contributed by atoms with van der Waals surface area (Å²) in [5, 5.41) is 0. The summed E-state index contributed by atoms with van der Waals surface area (Å²) < 4.78 is 13.7. The van der Waals surface area contributed by atoms with E-state index in [0.717, 1.165) is 12.5 Å². The minimum Gasteiger partial charge on any atom is -0.471 e. The minimum atomic E-state index is 0.359. The molecular weight excluding hydrogens is 186 g/mol. The summed E-state index contributed by atoms with van der Waals surface area (Å²) in [7, 11) is 0. The molecule has 0 amide bonds. The third-order valence-electron chi connectivity index (χ3n) is 2.89. The van der Waals surface area contributed by atoms with Gasteiger partial charge < -0.3 is 4.74 Å². The Morgan fingerprint density at radius 1 is 1.54 bits per heavy atom. The number of hydrogen-bond acceptors (Lipinski definition) is 5. The van der Waals surface area contributed by atoms with Crippen LogP contribution in [0.1, 0.15) is 6.42 Å². The molecule has 1 unspecified atom stereocenters. The monoisotopic (exact) mass is 197 g/mol. The molecule has 3 heterocycles. The second-order valence-corrected chi connectivity index (χ2v) is 4.27. The first kappa shape index (κ1) is 7.70. The fraction of sp³-hybridized carbons (Fsp3) is 0.750. The van der Waals surface area contributed by atoms with E-state index in [1.807, 2.05) is 0 Å². The summed E-state index contributed by atoms with van der Waals surface area (Å²) in [5.74, 6) is 1.42. The molecule has 2 saturated heterocycles. The predicted octanol–water partition coefficient (Wildman–Crippen LogP) is 0.621. The molecule has 13 heavy (non-hydrogen) atoms. The summed E-state index contributed by atoms with van der Waals surface area (Å²) in [4.78, 5) is 2.45. The molecule has 3 rings (SSSR count). The van der Waals surface area contributed by atoms with Crippen molar-refractivity contribution in [3.05, 3.63) is 6.20 Å². The highest BCUT2D eigenvalue weighted by molar-refractivity contribution is 6.99. The van der Waals surface area contributed by atoms with Crippen LogP contribution in [0.2, 0.25) is 0 Å². The molecule has 2 bridgehead atoms. The lowest BCUT2D eigenvalue weighted by molar-refractivity contribution is 0.137. The van der Waals surface area contributed by atoms with Crippen LogP contribution in [0, 0.1) is 5.92 Å². The summed E-state index contributed by atoms with van der Waals surface area (Å²) in [5.41, 5.74) is 0. The van der Waals surface area contributed by atoms with E-state index in [-0.39, 0.29) is 0 Å². The van der Waals surface area contributed by atoms with Crippen LogP contribution in [0.25, 0.3) is 0 Å². The summed E-state index contributed by atoms with van der Waals surface area (Å²) in [6, 6.07) is 0. The number of aromatic nitrogens is 2. The highest BCUT2D eigenvalue weighted by atomic mass is 32.1. The Bertz CT molecular complexity index is 290. The number of nitrogens with zero attached hydrogens (tertiary/aromatic N) is 3. The molecule has 1 aromatic heterocycles. The molecule has 70 valence electrons. The average molecular weight is 197 g/mol. The van der Waals surface area contributed by atoms with Crippen molar-refractivity contribution in [2.75, 3.05) is 19.6 Å². The van der Waals surface area contributed by atoms with Gasteiger partial charge in [0.15, 0.2) is 0 Å². The zero-order valence-corrected chi connectivity index (χ0v) is 8.04. The van der Waals surface area contributed by atoms with Gasteiger partial charge in [0.25, 0.3) is 0 Å². The molecule has 0 saturated carbocycles. The molecule has 0 radical (unpaired) electrons. The summed E-state index contributed by atoms with van der Waals surface area (Å²) in [6.07, 6.45) is 3.34.